The summed E-state index contributed by atoms with van der Waals surface area (Å²) in [7, 11) is 0. The zero-order chi connectivity index (χ0) is 19.1. The van der Waals surface area contributed by atoms with Gasteiger partial charge in [-0.2, -0.15) is 11.8 Å². The Morgan fingerprint density at radius 1 is 1.33 bits per heavy atom. The maximum Gasteiger partial charge on any atom is 0.224 e. The van der Waals surface area contributed by atoms with Crippen molar-refractivity contribution in [1.29, 1.82) is 0 Å². The lowest BCUT2D eigenvalue weighted by Gasteiger charge is -2.32. The van der Waals surface area contributed by atoms with Crippen molar-refractivity contribution < 1.29 is 9.21 Å². The summed E-state index contributed by atoms with van der Waals surface area (Å²) in [6.45, 7) is 3.19. The van der Waals surface area contributed by atoms with Crippen molar-refractivity contribution in [3.05, 3.63) is 58.0 Å². The molecule has 1 aliphatic rings. The smallest absolute Gasteiger partial charge is 0.224 e. The Morgan fingerprint density at radius 3 is 3.00 bits per heavy atom. The van der Waals surface area contributed by atoms with Crippen LogP contribution in [0.15, 0.2) is 41.0 Å². The first-order valence-corrected chi connectivity index (χ1v) is 11.1. The highest BCUT2D eigenvalue weighted by molar-refractivity contribution is 7.98. The largest absolute Gasteiger partial charge is 0.468 e. The van der Waals surface area contributed by atoms with E-state index in [4.69, 9.17) is 27.6 Å². The molecule has 1 aliphatic heterocycles. The van der Waals surface area contributed by atoms with E-state index in [1.165, 1.54) is 0 Å². The van der Waals surface area contributed by atoms with Gasteiger partial charge in [0.1, 0.15) is 5.76 Å². The molecule has 1 saturated heterocycles. The Hall–Kier alpha value is -1.14. The topological polar surface area (TPSA) is 45.5 Å². The molecule has 0 saturated carbocycles. The molecule has 1 atom stereocenters. The number of benzene rings is 1. The molecule has 1 amide bonds. The van der Waals surface area contributed by atoms with Crippen LogP contribution in [0.2, 0.25) is 10.0 Å². The van der Waals surface area contributed by atoms with Gasteiger partial charge < -0.3 is 9.73 Å². The number of nitrogens with zero attached hydrogens (tertiary/aromatic N) is 1. The molecule has 4 nitrogen and oxygen atoms in total. The lowest BCUT2D eigenvalue weighted by Crippen LogP contribution is -2.43. The Bertz CT molecular complexity index is 740. The molecule has 0 radical (unpaired) electrons. The maximum atomic E-state index is 12.5. The zero-order valence-corrected chi connectivity index (χ0v) is 17.5. The second kappa shape index (κ2) is 10.4. The molecule has 0 spiro atoms. The predicted molar refractivity (Wildman–Crippen MR) is 112 cm³/mol. The van der Waals surface area contributed by atoms with Crippen molar-refractivity contribution in [1.82, 2.24) is 10.2 Å². The Balaban J connectivity index is 1.39. The number of likely N-dealkylation sites (tertiary alicyclic amines) is 1. The number of hydrogen-bond donors (Lipinski definition) is 1. The van der Waals surface area contributed by atoms with E-state index in [-0.39, 0.29) is 11.8 Å². The van der Waals surface area contributed by atoms with Crippen LogP contribution in [0.5, 0.6) is 0 Å². The van der Waals surface area contributed by atoms with E-state index in [1.54, 1.807) is 24.1 Å². The third-order valence-corrected chi connectivity index (χ3v) is 6.22. The van der Waals surface area contributed by atoms with Gasteiger partial charge >= 0.3 is 0 Å². The molecule has 2 heterocycles. The Kier molecular flexibility index (Phi) is 7.94. The van der Waals surface area contributed by atoms with Gasteiger partial charge in [0.05, 0.1) is 17.9 Å². The van der Waals surface area contributed by atoms with Gasteiger partial charge in [0, 0.05) is 35.4 Å². The molecule has 146 valence electrons. The van der Waals surface area contributed by atoms with E-state index in [0.29, 0.717) is 16.6 Å². The van der Waals surface area contributed by atoms with Crippen LogP contribution < -0.4 is 5.32 Å². The minimum atomic E-state index is 0.0416. The SMILES string of the molecule is O=C(NCCSCc1ccco1)C1CCCN(Cc2ccc(Cl)cc2Cl)C1. The van der Waals surface area contributed by atoms with Crippen LogP contribution in [-0.4, -0.2) is 36.2 Å². The molecule has 0 aliphatic carbocycles. The maximum absolute atomic E-state index is 12.5. The summed E-state index contributed by atoms with van der Waals surface area (Å²) in [4.78, 5) is 14.8. The van der Waals surface area contributed by atoms with E-state index < -0.39 is 0 Å². The molecular formula is C20H24Cl2N2O2S. The van der Waals surface area contributed by atoms with Gasteiger partial charge in [-0.1, -0.05) is 29.3 Å². The number of hydrogen-bond acceptors (Lipinski definition) is 4. The fraction of sp³-hybridized carbons (Fsp3) is 0.450. The molecule has 1 aromatic carbocycles. The lowest BCUT2D eigenvalue weighted by molar-refractivity contribution is -0.126. The third kappa shape index (κ3) is 6.46. The number of rotatable bonds is 8. The normalized spacial score (nSPS) is 17.8. The number of thioether (sulfide) groups is 1. The van der Waals surface area contributed by atoms with E-state index in [0.717, 1.165) is 55.3 Å². The molecule has 2 aromatic rings. The molecule has 1 aromatic heterocycles. The highest BCUT2D eigenvalue weighted by atomic mass is 35.5. The molecule has 1 fully saturated rings. The highest BCUT2D eigenvalue weighted by Gasteiger charge is 2.25. The first-order valence-electron chi connectivity index (χ1n) is 9.16. The molecule has 27 heavy (non-hydrogen) atoms. The molecule has 7 heteroatoms. The lowest BCUT2D eigenvalue weighted by atomic mass is 9.96. The number of carbonyl (C=O) groups excluding carboxylic acids is 1. The number of nitrogens with one attached hydrogen (secondary N) is 1. The highest BCUT2D eigenvalue weighted by Crippen LogP contribution is 2.25. The van der Waals surface area contributed by atoms with Gasteiger partial charge in [-0.05, 0) is 49.2 Å². The fourth-order valence-corrected chi connectivity index (χ4v) is 4.49. The van der Waals surface area contributed by atoms with Crippen molar-refractivity contribution in [3.8, 4) is 0 Å². The number of furan rings is 1. The Labute approximate surface area is 174 Å². The summed E-state index contributed by atoms with van der Waals surface area (Å²) in [5.41, 5.74) is 1.05. The second-order valence-electron chi connectivity index (χ2n) is 6.73. The quantitative estimate of drug-likeness (QED) is 0.612. The van der Waals surface area contributed by atoms with E-state index in [2.05, 4.69) is 10.2 Å². The summed E-state index contributed by atoms with van der Waals surface area (Å²) < 4.78 is 5.30. The number of piperidine rings is 1. The predicted octanol–water partition coefficient (Wildman–Crippen LogP) is 4.85. The molecule has 0 bridgehead atoms. The van der Waals surface area contributed by atoms with Crippen molar-refractivity contribution in [3.63, 3.8) is 0 Å². The minimum absolute atomic E-state index is 0.0416. The second-order valence-corrected chi connectivity index (χ2v) is 8.68. The van der Waals surface area contributed by atoms with E-state index in [9.17, 15) is 4.79 Å². The first kappa shape index (κ1) is 20.6. The van der Waals surface area contributed by atoms with Gasteiger partial charge in [-0.15, -0.1) is 0 Å². The average Bonchev–Trinajstić information content (AvgIpc) is 3.17. The van der Waals surface area contributed by atoms with Crippen LogP contribution in [0.4, 0.5) is 0 Å². The number of halogens is 2. The average molecular weight is 427 g/mol. The molecule has 1 unspecified atom stereocenters. The van der Waals surface area contributed by atoms with Gasteiger partial charge in [0.2, 0.25) is 5.91 Å². The van der Waals surface area contributed by atoms with Gasteiger partial charge in [0.15, 0.2) is 0 Å². The number of carbonyl (C=O) groups is 1. The zero-order valence-electron chi connectivity index (χ0n) is 15.1. The molecular weight excluding hydrogens is 403 g/mol. The van der Waals surface area contributed by atoms with Crippen LogP contribution in [0.3, 0.4) is 0 Å². The van der Waals surface area contributed by atoms with E-state index in [1.807, 2.05) is 24.3 Å². The standard InChI is InChI=1S/C20H24Cl2N2O2S/c21-17-6-5-15(19(22)11-17)12-24-8-1-3-16(13-24)20(25)23-7-10-27-14-18-4-2-9-26-18/h2,4-6,9,11,16H,1,3,7-8,10,12-14H2,(H,23,25). The van der Waals surface area contributed by atoms with Gasteiger partial charge in [0.25, 0.3) is 0 Å². The summed E-state index contributed by atoms with van der Waals surface area (Å²) in [5, 5.41) is 4.40. The van der Waals surface area contributed by atoms with Crippen LogP contribution >= 0.6 is 35.0 Å². The summed E-state index contributed by atoms with van der Waals surface area (Å²) >= 11 is 14.0. The van der Waals surface area contributed by atoms with Crippen LogP contribution in [0, 0.1) is 5.92 Å². The summed E-state index contributed by atoms with van der Waals surface area (Å²) in [6, 6.07) is 9.45. The molecule has 1 N–H and O–H groups in total. The summed E-state index contributed by atoms with van der Waals surface area (Å²) in [6.07, 6.45) is 3.65. The Morgan fingerprint density at radius 2 is 2.22 bits per heavy atom. The van der Waals surface area contributed by atoms with Crippen LogP contribution in [0.25, 0.3) is 0 Å². The van der Waals surface area contributed by atoms with E-state index >= 15 is 0 Å². The van der Waals surface area contributed by atoms with Gasteiger partial charge in [-0.3, -0.25) is 9.69 Å². The van der Waals surface area contributed by atoms with Crippen molar-refractivity contribution in [2.24, 2.45) is 5.92 Å². The fourth-order valence-electron chi connectivity index (χ4n) is 3.26. The van der Waals surface area contributed by atoms with Crippen molar-refractivity contribution in [2.75, 3.05) is 25.4 Å². The van der Waals surface area contributed by atoms with Crippen LogP contribution in [-0.2, 0) is 17.1 Å². The third-order valence-electron chi connectivity index (χ3n) is 4.66. The minimum Gasteiger partial charge on any atom is -0.468 e. The van der Waals surface area contributed by atoms with Gasteiger partial charge in [-0.25, -0.2) is 0 Å². The summed E-state index contributed by atoms with van der Waals surface area (Å²) in [5.74, 6) is 2.88. The van der Waals surface area contributed by atoms with Crippen molar-refractivity contribution in [2.45, 2.75) is 25.1 Å². The molecule has 3 rings (SSSR count). The first-order chi connectivity index (χ1) is 13.1. The van der Waals surface area contributed by atoms with Crippen molar-refractivity contribution >= 4 is 40.9 Å². The monoisotopic (exact) mass is 426 g/mol. The number of amides is 1. The van der Waals surface area contributed by atoms with Crippen LogP contribution in [0.1, 0.15) is 24.2 Å².